The summed E-state index contributed by atoms with van der Waals surface area (Å²) in [6.45, 7) is 3.82. The molecule has 0 aliphatic heterocycles. The molecule has 0 saturated heterocycles. The van der Waals surface area contributed by atoms with Gasteiger partial charge in [0.2, 0.25) is 0 Å². The molecular formula is C30H28N2O2. The molecule has 0 fully saturated rings. The Balaban J connectivity index is 1.89. The van der Waals surface area contributed by atoms with Crippen LogP contribution in [0.3, 0.4) is 0 Å². The van der Waals surface area contributed by atoms with Gasteiger partial charge < -0.3 is 10.2 Å². The molecule has 0 amide bonds. The van der Waals surface area contributed by atoms with E-state index in [1.165, 1.54) is 0 Å². The number of hydrogen-bond donors (Lipinski definition) is 2. The number of benzene rings is 4. The Morgan fingerprint density at radius 3 is 1.18 bits per heavy atom. The summed E-state index contributed by atoms with van der Waals surface area (Å²) < 4.78 is 0. The lowest BCUT2D eigenvalue weighted by Crippen LogP contribution is -2.13. The standard InChI is InChI=1S/C30H28N2O2/c1-21(25-17-9-11-19-27(25)33)31-29(23-13-5-3-6-14-23)30(24-15-7-4-8-16-24)32-22(2)26-18-10-12-20-28(26)34/h3-20,29-30,33-34H,1-2H3/t29-,30-/m0/s1. The fraction of sp³-hybridized carbons (Fsp3) is 0.133. The predicted molar refractivity (Wildman–Crippen MR) is 139 cm³/mol. The molecule has 2 atom stereocenters. The van der Waals surface area contributed by atoms with E-state index in [2.05, 4.69) is 0 Å². The molecule has 0 heterocycles. The van der Waals surface area contributed by atoms with Crippen LogP contribution in [-0.2, 0) is 0 Å². The molecule has 34 heavy (non-hydrogen) atoms. The van der Waals surface area contributed by atoms with Crippen LogP contribution in [0, 0.1) is 0 Å². The summed E-state index contributed by atoms with van der Waals surface area (Å²) in [4.78, 5) is 10.2. The highest BCUT2D eigenvalue weighted by atomic mass is 16.3. The minimum absolute atomic E-state index is 0.195. The molecule has 4 heteroatoms. The van der Waals surface area contributed by atoms with Crippen molar-refractivity contribution >= 4 is 11.4 Å². The summed E-state index contributed by atoms with van der Waals surface area (Å²) in [7, 11) is 0. The molecule has 0 aliphatic carbocycles. The minimum Gasteiger partial charge on any atom is -0.507 e. The second-order valence-electron chi connectivity index (χ2n) is 8.17. The van der Waals surface area contributed by atoms with Crippen molar-refractivity contribution in [2.24, 2.45) is 9.98 Å². The third-order valence-electron chi connectivity index (χ3n) is 5.83. The Hall–Kier alpha value is -4.18. The van der Waals surface area contributed by atoms with Crippen molar-refractivity contribution in [1.82, 2.24) is 0 Å². The van der Waals surface area contributed by atoms with E-state index >= 15 is 0 Å². The van der Waals surface area contributed by atoms with Crippen molar-refractivity contribution in [3.8, 4) is 11.5 Å². The molecule has 4 rings (SSSR count). The molecule has 4 aromatic carbocycles. The largest absolute Gasteiger partial charge is 0.507 e. The Bertz CT molecular complexity index is 1190. The van der Waals surface area contributed by atoms with Gasteiger partial charge in [-0.1, -0.05) is 84.9 Å². The molecule has 0 radical (unpaired) electrons. The van der Waals surface area contributed by atoms with Crippen LogP contribution in [0.4, 0.5) is 0 Å². The van der Waals surface area contributed by atoms with Crippen LogP contribution in [0.15, 0.2) is 119 Å². The second-order valence-corrected chi connectivity index (χ2v) is 8.17. The maximum absolute atomic E-state index is 10.4. The third-order valence-corrected chi connectivity index (χ3v) is 5.83. The van der Waals surface area contributed by atoms with Gasteiger partial charge in [-0.05, 0) is 49.2 Å². The lowest BCUT2D eigenvalue weighted by molar-refractivity contribution is 0.473. The molecule has 0 aromatic heterocycles. The second kappa shape index (κ2) is 10.6. The van der Waals surface area contributed by atoms with E-state index in [-0.39, 0.29) is 23.6 Å². The van der Waals surface area contributed by atoms with Crippen LogP contribution < -0.4 is 0 Å². The molecular weight excluding hydrogens is 420 g/mol. The zero-order chi connectivity index (χ0) is 23.9. The number of para-hydroxylation sites is 2. The number of aliphatic imine (C=N–C) groups is 2. The molecule has 2 N–H and O–H groups in total. The van der Waals surface area contributed by atoms with Gasteiger partial charge in [0.25, 0.3) is 0 Å². The normalized spacial score (nSPS) is 13.9. The lowest BCUT2D eigenvalue weighted by atomic mass is 9.93. The van der Waals surface area contributed by atoms with E-state index < -0.39 is 0 Å². The van der Waals surface area contributed by atoms with E-state index in [1.807, 2.05) is 98.8 Å². The van der Waals surface area contributed by atoms with Crippen molar-refractivity contribution in [3.05, 3.63) is 131 Å². The summed E-state index contributed by atoms with van der Waals surface area (Å²) >= 11 is 0. The summed E-state index contributed by atoms with van der Waals surface area (Å²) in [5.41, 5.74) is 4.86. The van der Waals surface area contributed by atoms with E-state index in [1.54, 1.807) is 24.3 Å². The highest BCUT2D eigenvalue weighted by molar-refractivity contribution is 6.02. The first-order valence-corrected chi connectivity index (χ1v) is 11.3. The topological polar surface area (TPSA) is 65.2 Å². The maximum Gasteiger partial charge on any atom is 0.124 e. The van der Waals surface area contributed by atoms with Gasteiger partial charge in [-0.2, -0.15) is 0 Å². The SMILES string of the molecule is CC(=N[C@@H](c1ccccc1)[C@@H](N=C(C)c1ccccc1O)c1ccccc1)c1ccccc1O. The van der Waals surface area contributed by atoms with Crippen molar-refractivity contribution < 1.29 is 10.2 Å². The molecule has 0 bridgehead atoms. The molecule has 0 saturated carbocycles. The van der Waals surface area contributed by atoms with Gasteiger partial charge in [0, 0.05) is 22.6 Å². The smallest absolute Gasteiger partial charge is 0.124 e. The van der Waals surface area contributed by atoms with Gasteiger partial charge in [-0.3, -0.25) is 9.98 Å². The molecule has 0 aliphatic rings. The number of hydrogen-bond acceptors (Lipinski definition) is 4. The monoisotopic (exact) mass is 448 g/mol. The average Bonchev–Trinajstić information content (AvgIpc) is 2.87. The van der Waals surface area contributed by atoms with Gasteiger partial charge in [-0.25, -0.2) is 0 Å². The van der Waals surface area contributed by atoms with Gasteiger partial charge in [0.15, 0.2) is 0 Å². The number of rotatable bonds is 7. The quantitative estimate of drug-likeness (QED) is 0.302. The van der Waals surface area contributed by atoms with Crippen LogP contribution in [0.5, 0.6) is 11.5 Å². The molecule has 170 valence electrons. The zero-order valence-electron chi connectivity index (χ0n) is 19.3. The van der Waals surface area contributed by atoms with E-state index in [0.29, 0.717) is 11.1 Å². The zero-order valence-corrected chi connectivity index (χ0v) is 19.3. The summed E-state index contributed by atoms with van der Waals surface area (Å²) in [6.07, 6.45) is 0. The van der Waals surface area contributed by atoms with Crippen LogP contribution in [0.1, 0.15) is 48.2 Å². The maximum atomic E-state index is 10.4. The Kier molecular flexibility index (Phi) is 7.19. The summed E-state index contributed by atoms with van der Waals surface area (Å²) in [6, 6.07) is 33.9. The predicted octanol–water partition coefficient (Wildman–Crippen LogP) is 6.90. The highest BCUT2D eigenvalue weighted by Gasteiger charge is 2.25. The first-order chi connectivity index (χ1) is 16.5. The number of phenols is 2. The van der Waals surface area contributed by atoms with Crippen LogP contribution in [0.25, 0.3) is 0 Å². The molecule has 0 unspecified atom stereocenters. The number of phenolic OH excluding ortho intramolecular Hbond substituents is 2. The van der Waals surface area contributed by atoms with Gasteiger partial charge >= 0.3 is 0 Å². The van der Waals surface area contributed by atoms with Crippen molar-refractivity contribution in [1.29, 1.82) is 0 Å². The van der Waals surface area contributed by atoms with Crippen LogP contribution in [0.2, 0.25) is 0 Å². The van der Waals surface area contributed by atoms with E-state index in [0.717, 1.165) is 22.6 Å². The summed E-state index contributed by atoms with van der Waals surface area (Å²) in [5.74, 6) is 0.390. The van der Waals surface area contributed by atoms with Crippen molar-refractivity contribution in [2.45, 2.75) is 25.9 Å². The minimum atomic E-state index is -0.344. The fourth-order valence-electron chi connectivity index (χ4n) is 4.07. The van der Waals surface area contributed by atoms with Crippen LogP contribution in [-0.4, -0.2) is 21.6 Å². The number of nitrogens with zero attached hydrogens (tertiary/aromatic N) is 2. The average molecular weight is 449 g/mol. The van der Waals surface area contributed by atoms with Crippen molar-refractivity contribution in [2.75, 3.05) is 0 Å². The number of aromatic hydroxyl groups is 2. The highest BCUT2D eigenvalue weighted by Crippen LogP contribution is 2.37. The van der Waals surface area contributed by atoms with Gasteiger partial charge in [0.05, 0.1) is 0 Å². The van der Waals surface area contributed by atoms with Crippen molar-refractivity contribution in [3.63, 3.8) is 0 Å². The molecule has 4 aromatic rings. The Labute approximate surface area is 200 Å². The van der Waals surface area contributed by atoms with Gasteiger partial charge in [-0.15, -0.1) is 0 Å². The lowest BCUT2D eigenvalue weighted by Gasteiger charge is -2.24. The van der Waals surface area contributed by atoms with E-state index in [4.69, 9.17) is 9.98 Å². The first-order valence-electron chi connectivity index (χ1n) is 11.3. The fourth-order valence-corrected chi connectivity index (χ4v) is 4.07. The molecule has 0 spiro atoms. The van der Waals surface area contributed by atoms with Crippen LogP contribution >= 0.6 is 0 Å². The third kappa shape index (κ3) is 5.24. The van der Waals surface area contributed by atoms with E-state index in [9.17, 15) is 10.2 Å². The summed E-state index contributed by atoms with van der Waals surface area (Å²) in [5, 5.41) is 20.8. The Morgan fingerprint density at radius 2 is 0.824 bits per heavy atom. The Morgan fingerprint density at radius 1 is 0.500 bits per heavy atom. The molecule has 4 nitrogen and oxygen atoms in total. The van der Waals surface area contributed by atoms with Gasteiger partial charge in [0.1, 0.15) is 23.6 Å². The first kappa shape index (κ1) is 23.0.